The SMILES string of the molecule is O=C(Nc1ccc2nc(SCC(=O)n3c4c(c5ccccc53)CCCC4)sc2c1)c1ccc(Cl)cc1. The van der Waals surface area contributed by atoms with E-state index in [1.807, 2.05) is 41.0 Å². The van der Waals surface area contributed by atoms with E-state index in [0.717, 1.165) is 39.3 Å². The molecule has 2 heterocycles. The van der Waals surface area contributed by atoms with Gasteiger partial charge in [-0.3, -0.25) is 14.2 Å². The number of aryl methyl sites for hydroxylation is 1. The number of fused-ring (bicyclic) bond motifs is 4. The zero-order valence-electron chi connectivity index (χ0n) is 19.3. The number of hydrogen-bond donors (Lipinski definition) is 1. The topological polar surface area (TPSA) is 64.0 Å². The first-order valence-electron chi connectivity index (χ1n) is 11.8. The summed E-state index contributed by atoms with van der Waals surface area (Å²) in [5.74, 6) is 0.220. The molecule has 0 unspecified atom stereocenters. The predicted octanol–water partition coefficient (Wildman–Crippen LogP) is 7.47. The lowest BCUT2D eigenvalue weighted by Crippen LogP contribution is -2.18. The van der Waals surface area contributed by atoms with Gasteiger partial charge in [0.05, 0.1) is 21.5 Å². The van der Waals surface area contributed by atoms with Crippen LogP contribution in [-0.4, -0.2) is 27.1 Å². The number of carbonyl (C=O) groups is 2. The van der Waals surface area contributed by atoms with Crippen LogP contribution in [0.15, 0.2) is 71.1 Å². The van der Waals surface area contributed by atoms with Crippen LogP contribution in [0.25, 0.3) is 21.1 Å². The van der Waals surface area contributed by atoms with Crippen molar-refractivity contribution in [2.24, 2.45) is 0 Å². The van der Waals surface area contributed by atoms with Crippen LogP contribution in [0.2, 0.25) is 5.02 Å². The van der Waals surface area contributed by atoms with Crippen molar-refractivity contribution < 1.29 is 9.59 Å². The molecule has 0 saturated heterocycles. The largest absolute Gasteiger partial charge is 0.322 e. The van der Waals surface area contributed by atoms with Crippen molar-refractivity contribution in [2.75, 3.05) is 11.1 Å². The van der Waals surface area contributed by atoms with Crippen molar-refractivity contribution in [3.63, 3.8) is 0 Å². The number of thiazole rings is 1. The molecule has 1 N–H and O–H groups in total. The van der Waals surface area contributed by atoms with Gasteiger partial charge in [0, 0.05) is 27.4 Å². The average Bonchev–Trinajstić information content (AvgIpc) is 3.46. The Kier molecular flexibility index (Phi) is 6.29. The molecule has 1 amide bonds. The number of para-hydroxylation sites is 1. The van der Waals surface area contributed by atoms with Crippen LogP contribution in [0.4, 0.5) is 5.69 Å². The summed E-state index contributed by atoms with van der Waals surface area (Å²) >= 11 is 8.91. The zero-order chi connectivity index (χ0) is 24.6. The molecule has 36 heavy (non-hydrogen) atoms. The predicted molar refractivity (Wildman–Crippen MR) is 149 cm³/mol. The van der Waals surface area contributed by atoms with Gasteiger partial charge in [0.15, 0.2) is 4.34 Å². The minimum absolute atomic E-state index is 0.0922. The highest BCUT2D eigenvalue weighted by Gasteiger charge is 2.23. The summed E-state index contributed by atoms with van der Waals surface area (Å²) < 4.78 is 3.74. The van der Waals surface area contributed by atoms with Crippen molar-refractivity contribution in [3.05, 3.63) is 88.6 Å². The van der Waals surface area contributed by atoms with E-state index in [1.54, 1.807) is 24.3 Å². The molecule has 0 radical (unpaired) electrons. The minimum Gasteiger partial charge on any atom is -0.322 e. The monoisotopic (exact) mass is 531 g/mol. The number of aromatic nitrogens is 2. The van der Waals surface area contributed by atoms with E-state index < -0.39 is 0 Å². The quantitative estimate of drug-likeness (QED) is 0.239. The number of nitrogens with zero attached hydrogens (tertiary/aromatic N) is 2. The number of thioether (sulfide) groups is 1. The number of benzene rings is 3. The van der Waals surface area contributed by atoms with E-state index in [-0.39, 0.29) is 11.8 Å². The maximum atomic E-state index is 13.4. The Balaban J connectivity index is 1.19. The van der Waals surface area contributed by atoms with Gasteiger partial charge >= 0.3 is 0 Å². The molecule has 0 saturated carbocycles. The number of rotatable bonds is 5. The summed E-state index contributed by atoms with van der Waals surface area (Å²) in [6.07, 6.45) is 4.29. The van der Waals surface area contributed by atoms with Gasteiger partial charge < -0.3 is 5.32 Å². The van der Waals surface area contributed by atoms with E-state index in [1.165, 1.54) is 46.2 Å². The lowest BCUT2D eigenvalue weighted by atomic mass is 9.96. The van der Waals surface area contributed by atoms with Gasteiger partial charge in [-0.2, -0.15) is 0 Å². The maximum absolute atomic E-state index is 13.4. The summed E-state index contributed by atoms with van der Waals surface area (Å²) in [5, 5.41) is 4.72. The van der Waals surface area contributed by atoms with Gasteiger partial charge in [0.1, 0.15) is 0 Å². The minimum atomic E-state index is -0.196. The summed E-state index contributed by atoms with van der Waals surface area (Å²) in [5.41, 5.74) is 5.62. The molecule has 0 atom stereocenters. The number of anilines is 1. The molecule has 2 aromatic heterocycles. The number of carbonyl (C=O) groups excluding carboxylic acids is 2. The van der Waals surface area contributed by atoms with E-state index in [9.17, 15) is 9.59 Å². The molecular formula is C28H22ClN3O2S2. The second-order valence-corrected chi connectivity index (χ2v) is 11.5. The first kappa shape index (κ1) is 23.3. The summed E-state index contributed by atoms with van der Waals surface area (Å²) in [4.78, 5) is 30.6. The second-order valence-electron chi connectivity index (χ2n) is 8.79. The molecule has 1 aliphatic carbocycles. The van der Waals surface area contributed by atoms with Crippen LogP contribution < -0.4 is 5.32 Å². The van der Waals surface area contributed by atoms with Gasteiger partial charge in [-0.25, -0.2) is 4.98 Å². The summed E-state index contributed by atoms with van der Waals surface area (Å²) in [7, 11) is 0. The van der Waals surface area contributed by atoms with Crippen molar-refractivity contribution in [1.82, 2.24) is 9.55 Å². The van der Waals surface area contributed by atoms with Crippen molar-refractivity contribution >= 4 is 73.3 Å². The molecule has 5 aromatic rings. The lowest BCUT2D eigenvalue weighted by Gasteiger charge is -2.14. The Labute approximate surface area is 221 Å². The van der Waals surface area contributed by atoms with Gasteiger partial charge in [0.2, 0.25) is 5.91 Å². The van der Waals surface area contributed by atoms with E-state index in [0.29, 0.717) is 22.0 Å². The Morgan fingerprint density at radius 1 is 1.03 bits per heavy atom. The average molecular weight is 532 g/mol. The van der Waals surface area contributed by atoms with Crippen LogP contribution in [0.3, 0.4) is 0 Å². The summed E-state index contributed by atoms with van der Waals surface area (Å²) in [6, 6.07) is 20.7. The number of nitrogens with one attached hydrogen (secondary N) is 1. The maximum Gasteiger partial charge on any atom is 0.255 e. The van der Waals surface area contributed by atoms with Crippen LogP contribution in [0.1, 0.15) is 39.3 Å². The van der Waals surface area contributed by atoms with Crippen LogP contribution >= 0.6 is 34.7 Å². The van der Waals surface area contributed by atoms with E-state index in [2.05, 4.69) is 11.4 Å². The highest BCUT2D eigenvalue weighted by molar-refractivity contribution is 8.01. The first-order chi connectivity index (χ1) is 17.6. The van der Waals surface area contributed by atoms with Gasteiger partial charge in [0.25, 0.3) is 5.91 Å². The molecule has 1 aliphatic rings. The molecule has 8 heteroatoms. The van der Waals surface area contributed by atoms with E-state index >= 15 is 0 Å². The van der Waals surface area contributed by atoms with E-state index in [4.69, 9.17) is 16.6 Å². The molecular weight excluding hydrogens is 510 g/mol. The molecule has 6 rings (SSSR count). The standard InChI is InChI=1S/C28H22ClN3O2S2/c29-18-11-9-17(10-12-18)27(34)30-19-13-14-22-25(15-19)36-28(31-22)35-16-26(33)32-23-7-3-1-5-20(23)21-6-2-4-8-24(21)32/h1,3,5,7,9-15H,2,4,6,8,16H2,(H,30,34). The van der Waals surface area contributed by atoms with Crippen LogP contribution in [-0.2, 0) is 12.8 Å². The summed E-state index contributed by atoms with van der Waals surface area (Å²) in [6.45, 7) is 0. The molecule has 0 bridgehead atoms. The van der Waals surface area contributed by atoms with Crippen molar-refractivity contribution in [1.29, 1.82) is 0 Å². The molecule has 5 nitrogen and oxygen atoms in total. The third kappa shape index (κ3) is 4.43. The third-order valence-corrected chi connectivity index (χ3v) is 8.88. The molecule has 0 fully saturated rings. The Bertz CT molecular complexity index is 1620. The van der Waals surface area contributed by atoms with Crippen molar-refractivity contribution in [2.45, 2.75) is 30.0 Å². The number of amides is 1. The third-order valence-electron chi connectivity index (χ3n) is 6.48. The molecule has 180 valence electrons. The molecule has 3 aromatic carbocycles. The Morgan fingerprint density at radius 2 is 1.83 bits per heavy atom. The van der Waals surface area contributed by atoms with Crippen LogP contribution in [0, 0.1) is 0 Å². The lowest BCUT2D eigenvalue weighted by molar-refractivity contribution is 0.0942. The smallest absolute Gasteiger partial charge is 0.255 e. The fourth-order valence-corrected chi connectivity index (χ4v) is 6.90. The Hall–Kier alpha value is -3.13. The highest BCUT2D eigenvalue weighted by Crippen LogP contribution is 2.34. The highest BCUT2D eigenvalue weighted by atomic mass is 35.5. The fourth-order valence-electron chi connectivity index (χ4n) is 4.82. The fraction of sp³-hybridized carbons (Fsp3) is 0.179. The Morgan fingerprint density at radius 3 is 2.69 bits per heavy atom. The molecule has 0 aliphatic heterocycles. The number of halogens is 1. The van der Waals surface area contributed by atoms with Gasteiger partial charge in [-0.15, -0.1) is 11.3 Å². The first-order valence-corrected chi connectivity index (χ1v) is 14.0. The second kappa shape index (κ2) is 9.73. The van der Waals surface area contributed by atoms with Gasteiger partial charge in [-0.1, -0.05) is 41.6 Å². The normalized spacial score (nSPS) is 13.1. The number of hydrogen-bond acceptors (Lipinski definition) is 5. The molecule has 0 spiro atoms. The van der Waals surface area contributed by atoms with Crippen LogP contribution in [0.5, 0.6) is 0 Å². The van der Waals surface area contributed by atoms with Crippen molar-refractivity contribution in [3.8, 4) is 0 Å². The van der Waals surface area contributed by atoms with Gasteiger partial charge in [-0.05, 0) is 79.8 Å². The zero-order valence-corrected chi connectivity index (χ0v) is 21.7.